The number of carbonyl (C=O) groups is 1. The molecule has 0 radical (unpaired) electrons. The molecule has 82 valence electrons. The minimum absolute atomic E-state index is 0.183. The van der Waals surface area contributed by atoms with Crippen molar-refractivity contribution in [3.63, 3.8) is 0 Å². The molecule has 0 aliphatic carbocycles. The van der Waals surface area contributed by atoms with E-state index in [4.69, 9.17) is 20.7 Å². The van der Waals surface area contributed by atoms with Crippen LogP contribution in [0.5, 0.6) is 0 Å². The van der Waals surface area contributed by atoms with Crippen molar-refractivity contribution in [1.29, 1.82) is 0 Å². The van der Waals surface area contributed by atoms with Gasteiger partial charge in [-0.2, -0.15) is 0 Å². The summed E-state index contributed by atoms with van der Waals surface area (Å²) in [6.45, 7) is 0.0353. The van der Waals surface area contributed by atoms with E-state index < -0.39 is 11.6 Å². The highest BCUT2D eigenvalue weighted by Crippen LogP contribution is 2.15. The van der Waals surface area contributed by atoms with Gasteiger partial charge in [-0.3, -0.25) is 4.79 Å². The number of aliphatic hydroxyl groups is 2. The molecule has 0 aromatic carbocycles. The lowest BCUT2D eigenvalue weighted by Gasteiger charge is -2.23. The number of nitrogens with one attached hydrogen (secondary N) is 1. The summed E-state index contributed by atoms with van der Waals surface area (Å²) < 4.78 is 5.02. The lowest BCUT2D eigenvalue weighted by Crippen LogP contribution is -2.57. The maximum atomic E-state index is 11.6. The Kier molecular flexibility index (Phi) is 3.82. The average molecular weight is 204 g/mol. The number of amides is 1. The van der Waals surface area contributed by atoms with E-state index in [0.29, 0.717) is 13.0 Å². The van der Waals surface area contributed by atoms with Crippen molar-refractivity contribution in [1.82, 2.24) is 5.32 Å². The van der Waals surface area contributed by atoms with Gasteiger partial charge >= 0.3 is 0 Å². The normalized spacial score (nSPS) is 26.9. The molecule has 0 spiro atoms. The van der Waals surface area contributed by atoms with Crippen LogP contribution in [0.15, 0.2) is 0 Å². The zero-order chi connectivity index (χ0) is 10.6. The Morgan fingerprint density at radius 2 is 2.21 bits per heavy atom. The minimum atomic E-state index is -1.01. The van der Waals surface area contributed by atoms with Gasteiger partial charge in [0.05, 0.1) is 25.9 Å². The molecular weight excluding hydrogens is 188 g/mol. The second-order valence-electron chi connectivity index (χ2n) is 3.49. The summed E-state index contributed by atoms with van der Waals surface area (Å²) in [7, 11) is 0. The maximum Gasteiger partial charge on any atom is 0.242 e. The van der Waals surface area contributed by atoms with Crippen molar-refractivity contribution in [3.8, 4) is 0 Å². The molecule has 1 unspecified atom stereocenters. The molecule has 1 aliphatic heterocycles. The third kappa shape index (κ3) is 2.42. The highest BCUT2D eigenvalue weighted by molar-refractivity contribution is 5.86. The summed E-state index contributed by atoms with van der Waals surface area (Å²) in [6, 6.07) is -0.650. The van der Waals surface area contributed by atoms with Gasteiger partial charge in [-0.25, -0.2) is 0 Å². The van der Waals surface area contributed by atoms with Gasteiger partial charge in [0.25, 0.3) is 0 Å². The predicted molar refractivity (Wildman–Crippen MR) is 48.5 cm³/mol. The molecule has 14 heavy (non-hydrogen) atoms. The number of aliphatic hydroxyl groups excluding tert-OH is 2. The van der Waals surface area contributed by atoms with E-state index in [0.717, 1.165) is 0 Å². The fraction of sp³-hybridized carbons (Fsp3) is 0.875. The van der Waals surface area contributed by atoms with Crippen LogP contribution in [0.2, 0.25) is 0 Å². The molecule has 5 N–H and O–H groups in total. The van der Waals surface area contributed by atoms with Gasteiger partial charge in [-0.15, -0.1) is 0 Å². The van der Waals surface area contributed by atoms with Crippen LogP contribution in [0.25, 0.3) is 0 Å². The van der Waals surface area contributed by atoms with E-state index in [1.807, 2.05) is 0 Å². The minimum Gasteiger partial charge on any atom is -0.394 e. The van der Waals surface area contributed by atoms with Crippen molar-refractivity contribution in [3.05, 3.63) is 0 Å². The Morgan fingerprint density at radius 1 is 1.57 bits per heavy atom. The molecule has 1 saturated heterocycles. The Morgan fingerprint density at radius 3 is 2.64 bits per heavy atom. The summed E-state index contributed by atoms with van der Waals surface area (Å²) >= 11 is 0. The smallest absolute Gasteiger partial charge is 0.242 e. The van der Waals surface area contributed by atoms with Gasteiger partial charge in [0.1, 0.15) is 5.54 Å². The van der Waals surface area contributed by atoms with Gasteiger partial charge < -0.3 is 26.0 Å². The van der Waals surface area contributed by atoms with E-state index in [9.17, 15) is 4.79 Å². The summed E-state index contributed by atoms with van der Waals surface area (Å²) in [5.41, 5.74) is 4.75. The number of nitrogens with two attached hydrogens (primary N) is 1. The largest absolute Gasteiger partial charge is 0.394 e. The maximum absolute atomic E-state index is 11.6. The first kappa shape index (κ1) is 11.4. The molecule has 1 aliphatic rings. The fourth-order valence-corrected chi connectivity index (χ4v) is 1.24. The van der Waals surface area contributed by atoms with Crippen LogP contribution in [0.3, 0.4) is 0 Å². The van der Waals surface area contributed by atoms with Crippen LogP contribution in [0.1, 0.15) is 6.42 Å². The quantitative estimate of drug-likeness (QED) is 0.407. The number of carbonyl (C=O) groups excluding carboxylic acids is 1. The number of hydrogen-bond acceptors (Lipinski definition) is 5. The van der Waals surface area contributed by atoms with E-state index in [-0.39, 0.29) is 25.7 Å². The molecule has 0 aromatic heterocycles. The predicted octanol–water partition coefficient (Wildman–Crippen LogP) is -2.43. The summed E-state index contributed by atoms with van der Waals surface area (Å²) in [5.74, 6) is -0.386. The summed E-state index contributed by atoms with van der Waals surface area (Å²) in [5, 5.41) is 20.0. The van der Waals surface area contributed by atoms with E-state index >= 15 is 0 Å². The molecule has 1 amide bonds. The van der Waals surface area contributed by atoms with Crippen molar-refractivity contribution < 1.29 is 19.7 Å². The number of rotatable bonds is 4. The average Bonchev–Trinajstić information content (AvgIpc) is 2.62. The molecule has 6 nitrogen and oxygen atoms in total. The first-order valence-corrected chi connectivity index (χ1v) is 4.51. The lowest BCUT2D eigenvalue weighted by atomic mass is 9.99. The topological polar surface area (TPSA) is 105 Å². The Bertz CT molecular complexity index is 200. The van der Waals surface area contributed by atoms with Crippen molar-refractivity contribution in [2.24, 2.45) is 5.73 Å². The van der Waals surface area contributed by atoms with Crippen molar-refractivity contribution in [2.75, 3.05) is 26.4 Å². The highest BCUT2D eigenvalue weighted by Gasteiger charge is 2.38. The second-order valence-corrected chi connectivity index (χ2v) is 3.49. The van der Waals surface area contributed by atoms with Crippen LogP contribution >= 0.6 is 0 Å². The molecule has 0 bridgehead atoms. The van der Waals surface area contributed by atoms with Gasteiger partial charge in [0.15, 0.2) is 0 Å². The van der Waals surface area contributed by atoms with Gasteiger partial charge in [-0.1, -0.05) is 0 Å². The molecule has 1 heterocycles. The highest BCUT2D eigenvalue weighted by atomic mass is 16.5. The monoisotopic (exact) mass is 204 g/mol. The molecule has 6 heteroatoms. The SMILES string of the molecule is NC1(C(=O)NC(CO)CO)CCOC1. The fourth-order valence-electron chi connectivity index (χ4n) is 1.24. The zero-order valence-electron chi connectivity index (χ0n) is 7.90. The van der Waals surface area contributed by atoms with E-state index in [2.05, 4.69) is 5.32 Å². The molecule has 1 atom stereocenters. The molecule has 0 aromatic rings. The van der Waals surface area contributed by atoms with Gasteiger partial charge in [0.2, 0.25) is 5.91 Å². The van der Waals surface area contributed by atoms with Gasteiger partial charge in [-0.05, 0) is 6.42 Å². The number of ether oxygens (including phenoxy) is 1. The first-order chi connectivity index (χ1) is 6.62. The van der Waals surface area contributed by atoms with Gasteiger partial charge in [0, 0.05) is 6.61 Å². The third-order valence-electron chi connectivity index (χ3n) is 2.28. The molecule has 1 fully saturated rings. The van der Waals surface area contributed by atoms with E-state index in [1.54, 1.807) is 0 Å². The van der Waals surface area contributed by atoms with Crippen molar-refractivity contribution >= 4 is 5.91 Å². The summed E-state index contributed by atoms with van der Waals surface area (Å²) in [6.07, 6.45) is 0.461. The van der Waals surface area contributed by atoms with Crippen LogP contribution in [-0.2, 0) is 9.53 Å². The van der Waals surface area contributed by atoms with Crippen molar-refractivity contribution in [2.45, 2.75) is 18.0 Å². The lowest BCUT2D eigenvalue weighted by molar-refractivity contribution is -0.127. The number of hydrogen-bond donors (Lipinski definition) is 4. The Balaban J connectivity index is 2.48. The first-order valence-electron chi connectivity index (χ1n) is 4.51. The van der Waals surface area contributed by atoms with Crippen LogP contribution < -0.4 is 11.1 Å². The third-order valence-corrected chi connectivity index (χ3v) is 2.28. The molecular formula is C8H16N2O4. The van der Waals surface area contributed by atoms with Crippen LogP contribution in [-0.4, -0.2) is 54.1 Å². The van der Waals surface area contributed by atoms with E-state index in [1.165, 1.54) is 0 Å². The summed E-state index contributed by atoms with van der Waals surface area (Å²) in [4.78, 5) is 11.6. The standard InChI is InChI=1S/C8H16N2O4/c9-8(1-2-14-5-8)7(13)10-6(3-11)4-12/h6,11-12H,1-5,9H2,(H,10,13). The zero-order valence-corrected chi connectivity index (χ0v) is 7.90. The Hall–Kier alpha value is -0.690. The van der Waals surface area contributed by atoms with Crippen LogP contribution in [0, 0.1) is 0 Å². The molecule has 1 rings (SSSR count). The Labute approximate surface area is 82.0 Å². The molecule has 0 saturated carbocycles. The van der Waals surface area contributed by atoms with Crippen LogP contribution in [0.4, 0.5) is 0 Å². The second kappa shape index (κ2) is 4.70.